The average Bonchev–Trinajstić information content (AvgIpc) is 2.56. The Hall–Kier alpha value is -1.92. The lowest BCUT2D eigenvalue weighted by atomic mass is 10.2. The molecule has 0 N–H and O–H groups in total. The van der Waals surface area contributed by atoms with E-state index in [1.165, 1.54) is 12.1 Å². The fourth-order valence-electron chi connectivity index (χ4n) is 2.34. The Kier molecular flexibility index (Phi) is 6.75. The van der Waals surface area contributed by atoms with Gasteiger partial charge in [0.1, 0.15) is 5.75 Å². The Bertz CT molecular complexity index is 654. The summed E-state index contributed by atoms with van der Waals surface area (Å²) in [7, 11) is 1.58. The van der Waals surface area contributed by atoms with Gasteiger partial charge in [-0.3, -0.25) is 4.98 Å². The second-order valence-corrected chi connectivity index (χ2v) is 5.43. The van der Waals surface area contributed by atoms with Crippen LogP contribution < -0.4 is 9.64 Å². The van der Waals surface area contributed by atoms with Gasteiger partial charge in [-0.15, -0.1) is 0 Å². The summed E-state index contributed by atoms with van der Waals surface area (Å²) in [6.07, 6.45) is 2.56. The van der Waals surface area contributed by atoms with E-state index >= 15 is 0 Å². The highest BCUT2D eigenvalue weighted by Crippen LogP contribution is 2.34. The van der Waals surface area contributed by atoms with Gasteiger partial charge in [0.05, 0.1) is 23.0 Å². The molecule has 7 heteroatoms. The molecule has 1 aromatic heterocycles. The van der Waals surface area contributed by atoms with Gasteiger partial charge in [0.25, 0.3) is 0 Å². The summed E-state index contributed by atoms with van der Waals surface area (Å²) >= 11 is 6.46. The van der Waals surface area contributed by atoms with Crippen LogP contribution in [0.3, 0.4) is 0 Å². The molecule has 24 heavy (non-hydrogen) atoms. The van der Waals surface area contributed by atoms with Crippen molar-refractivity contribution in [3.8, 4) is 5.75 Å². The SMILES string of the molecule is CCCN(c1ccc(OC(F)F)cc1)c1ccnc(COC)c1Cl. The van der Waals surface area contributed by atoms with E-state index in [1.807, 2.05) is 17.9 Å². The van der Waals surface area contributed by atoms with Gasteiger partial charge < -0.3 is 14.4 Å². The summed E-state index contributed by atoms with van der Waals surface area (Å²) in [6.45, 7) is 0.236. The summed E-state index contributed by atoms with van der Waals surface area (Å²) in [5.74, 6) is 0.117. The molecule has 0 saturated carbocycles. The zero-order valence-corrected chi connectivity index (χ0v) is 14.3. The molecule has 0 atom stereocenters. The molecular weight excluding hydrogens is 338 g/mol. The molecule has 0 aliphatic carbocycles. The number of hydrogen-bond donors (Lipinski definition) is 0. The third-order valence-corrected chi connectivity index (χ3v) is 3.75. The third kappa shape index (κ3) is 4.55. The van der Waals surface area contributed by atoms with Gasteiger partial charge >= 0.3 is 6.61 Å². The normalized spacial score (nSPS) is 10.9. The van der Waals surface area contributed by atoms with Crippen molar-refractivity contribution in [3.05, 3.63) is 47.2 Å². The number of anilines is 2. The predicted octanol–water partition coefficient (Wildman–Crippen LogP) is 5.03. The lowest BCUT2D eigenvalue weighted by Gasteiger charge is -2.26. The van der Waals surface area contributed by atoms with Crippen LogP contribution in [0.1, 0.15) is 19.0 Å². The van der Waals surface area contributed by atoms with E-state index in [0.29, 0.717) is 23.9 Å². The number of benzene rings is 1. The van der Waals surface area contributed by atoms with E-state index < -0.39 is 6.61 Å². The van der Waals surface area contributed by atoms with Crippen molar-refractivity contribution >= 4 is 23.0 Å². The number of methoxy groups -OCH3 is 1. The first-order valence-electron chi connectivity index (χ1n) is 7.51. The van der Waals surface area contributed by atoms with Crippen LogP contribution in [0.2, 0.25) is 5.02 Å². The summed E-state index contributed by atoms with van der Waals surface area (Å²) in [4.78, 5) is 6.23. The summed E-state index contributed by atoms with van der Waals surface area (Å²) < 4.78 is 34.0. The van der Waals surface area contributed by atoms with Gasteiger partial charge in [0, 0.05) is 25.5 Å². The van der Waals surface area contributed by atoms with Crippen LogP contribution in [0.25, 0.3) is 0 Å². The molecule has 0 aliphatic rings. The van der Waals surface area contributed by atoms with E-state index in [-0.39, 0.29) is 5.75 Å². The smallest absolute Gasteiger partial charge is 0.387 e. The van der Waals surface area contributed by atoms with Crippen molar-refractivity contribution < 1.29 is 18.3 Å². The average molecular weight is 357 g/mol. The molecule has 0 saturated heterocycles. The topological polar surface area (TPSA) is 34.6 Å². The zero-order chi connectivity index (χ0) is 17.5. The lowest BCUT2D eigenvalue weighted by Crippen LogP contribution is -2.19. The molecular formula is C17H19ClF2N2O2. The summed E-state index contributed by atoms with van der Waals surface area (Å²) in [6, 6.07) is 8.28. The van der Waals surface area contributed by atoms with Crippen molar-refractivity contribution in [2.75, 3.05) is 18.6 Å². The third-order valence-electron chi connectivity index (χ3n) is 3.33. The van der Waals surface area contributed by atoms with Gasteiger partial charge in [-0.1, -0.05) is 18.5 Å². The highest BCUT2D eigenvalue weighted by atomic mass is 35.5. The van der Waals surface area contributed by atoms with Crippen molar-refractivity contribution in [2.24, 2.45) is 0 Å². The number of hydrogen-bond acceptors (Lipinski definition) is 4. The number of rotatable bonds is 8. The lowest BCUT2D eigenvalue weighted by molar-refractivity contribution is -0.0498. The largest absolute Gasteiger partial charge is 0.435 e. The van der Waals surface area contributed by atoms with E-state index in [4.69, 9.17) is 16.3 Å². The molecule has 1 heterocycles. The molecule has 0 unspecified atom stereocenters. The van der Waals surface area contributed by atoms with Crippen LogP contribution in [-0.4, -0.2) is 25.3 Å². The molecule has 0 amide bonds. The number of nitrogens with zero attached hydrogens (tertiary/aromatic N) is 2. The van der Waals surface area contributed by atoms with E-state index in [9.17, 15) is 8.78 Å². The van der Waals surface area contributed by atoms with Crippen molar-refractivity contribution in [3.63, 3.8) is 0 Å². The van der Waals surface area contributed by atoms with Crippen molar-refractivity contribution in [2.45, 2.75) is 26.6 Å². The van der Waals surface area contributed by atoms with Gasteiger partial charge in [-0.05, 0) is 36.8 Å². The molecule has 0 fully saturated rings. The molecule has 0 spiro atoms. The van der Waals surface area contributed by atoms with Crippen LogP contribution >= 0.6 is 11.6 Å². The standard InChI is InChI=1S/C17H19ClF2N2O2/c1-3-10-22(12-4-6-13(7-5-12)24-17(19)20)15-8-9-21-14(11-23-2)16(15)18/h4-9,17H,3,10-11H2,1-2H3. The minimum atomic E-state index is -2.84. The van der Waals surface area contributed by atoms with E-state index in [1.54, 1.807) is 25.4 Å². The van der Waals surface area contributed by atoms with Gasteiger partial charge in [0.15, 0.2) is 0 Å². The van der Waals surface area contributed by atoms with Gasteiger partial charge in [-0.25, -0.2) is 0 Å². The van der Waals surface area contributed by atoms with Crippen LogP contribution in [-0.2, 0) is 11.3 Å². The zero-order valence-electron chi connectivity index (χ0n) is 13.5. The highest BCUT2D eigenvalue weighted by molar-refractivity contribution is 6.34. The molecule has 2 aromatic rings. The first-order chi connectivity index (χ1) is 11.6. The Labute approximate surface area is 145 Å². The Morgan fingerprint density at radius 1 is 1.21 bits per heavy atom. The maximum Gasteiger partial charge on any atom is 0.387 e. The molecule has 0 bridgehead atoms. The monoisotopic (exact) mass is 356 g/mol. The highest BCUT2D eigenvalue weighted by Gasteiger charge is 2.16. The van der Waals surface area contributed by atoms with Crippen molar-refractivity contribution in [1.29, 1.82) is 0 Å². The van der Waals surface area contributed by atoms with Crippen LogP contribution in [0.5, 0.6) is 5.75 Å². The first-order valence-corrected chi connectivity index (χ1v) is 7.89. The Morgan fingerprint density at radius 3 is 2.50 bits per heavy atom. The van der Waals surface area contributed by atoms with Crippen LogP contribution in [0.4, 0.5) is 20.2 Å². The Morgan fingerprint density at radius 2 is 1.92 bits per heavy atom. The molecule has 2 rings (SSSR count). The van der Waals surface area contributed by atoms with Crippen LogP contribution in [0, 0.1) is 0 Å². The number of alkyl halides is 2. The number of halogens is 3. The summed E-state index contributed by atoms with van der Waals surface area (Å²) in [5.41, 5.74) is 2.27. The van der Waals surface area contributed by atoms with E-state index in [0.717, 1.165) is 17.8 Å². The molecule has 4 nitrogen and oxygen atoms in total. The maximum absolute atomic E-state index is 12.3. The second-order valence-electron chi connectivity index (χ2n) is 5.05. The number of pyridine rings is 1. The minimum Gasteiger partial charge on any atom is -0.435 e. The fourth-order valence-corrected chi connectivity index (χ4v) is 2.61. The van der Waals surface area contributed by atoms with Gasteiger partial charge in [-0.2, -0.15) is 8.78 Å². The van der Waals surface area contributed by atoms with Crippen LogP contribution in [0.15, 0.2) is 36.5 Å². The second kappa shape index (κ2) is 8.80. The quantitative estimate of drug-likeness (QED) is 0.664. The minimum absolute atomic E-state index is 0.117. The predicted molar refractivity (Wildman–Crippen MR) is 90.3 cm³/mol. The maximum atomic E-state index is 12.3. The molecule has 130 valence electrons. The summed E-state index contributed by atoms with van der Waals surface area (Å²) in [5, 5.41) is 0.515. The fraction of sp³-hybridized carbons (Fsp3) is 0.353. The van der Waals surface area contributed by atoms with E-state index in [2.05, 4.69) is 9.72 Å². The molecule has 0 aliphatic heterocycles. The molecule has 0 radical (unpaired) electrons. The van der Waals surface area contributed by atoms with Crippen molar-refractivity contribution in [1.82, 2.24) is 4.98 Å². The molecule has 1 aromatic carbocycles. The Balaban J connectivity index is 2.34. The first kappa shape index (κ1) is 18.4. The number of ether oxygens (including phenoxy) is 2. The number of aromatic nitrogens is 1. The van der Waals surface area contributed by atoms with Gasteiger partial charge in [0.2, 0.25) is 0 Å².